The van der Waals surface area contributed by atoms with Gasteiger partial charge in [-0.05, 0) is 39.7 Å². The molecule has 6 nitrogen and oxygen atoms in total. The quantitative estimate of drug-likeness (QED) is 0.753. The minimum atomic E-state index is -3.44. The van der Waals surface area contributed by atoms with Crippen LogP contribution in [0.4, 0.5) is 0 Å². The van der Waals surface area contributed by atoms with Crippen molar-refractivity contribution in [2.75, 3.05) is 13.1 Å². The number of aromatic amines is 1. The number of hydrogen-bond acceptors (Lipinski definition) is 4. The Hall–Kier alpha value is -0.630. The van der Waals surface area contributed by atoms with E-state index in [9.17, 15) is 8.42 Å². The minimum absolute atomic E-state index is 0. The first-order chi connectivity index (χ1) is 8.50. The van der Waals surface area contributed by atoms with Gasteiger partial charge in [-0.15, -0.1) is 12.4 Å². The fourth-order valence-electron chi connectivity index (χ4n) is 2.38. The van der Waals surface area contributed by atoms with E-state index in [0.717, 1.165) is 19.4 Å². The lowest BCUT2D eigenvalue weighted by Gasteiger charge is -2.11. The van der Waals surface area contributed by atoms with Crippen LogP contribution in [0.1, 0.15) is 30.7 Å². The van der Waals surface area contributed by atoms with E-state index in [0.29, 0.717) is 24.0 Å². The van der Waals surface area contributed by atoms with Gasteiger partial charge in [0.25, 0.3) is 0 Å². The molecular weight excluding hydrogens is 288 g/mol. The summed E-state index contributed by atoms with van der Waals surface area (Å²) in [6, 6.07) is 0.444. The highest BCUT2D eigenvalue weighted by atomic mass is 35.5. The summed E-state index contributed by atoms with van der Waals surface area (Å²) in [7, 11) is -3.44. The average molecular weight is 309 g/mol. The van der Waals surface area contributed by atoms with E-state index in [-0.39, 0.29) is 17.3 Å². The molecule has 0 bridgehead atoms. The zero-order chi connectivity index (χ0) is 13.2. The van der Waals surface area contributed by atoms with E-state index < -0.39 is 10.0 Å². The summed E-state index contributed by atoms with van der Waals surface area (Å²) >= 11 is 0. The molecule has 3 N–H and O–H groups in total. The lowest BCUT2D eigenvalue weighted by Crippen LogP contribution is -2.31. The lowest BCUT2D eigenvalue weighted by atomic mass is 10.2. The van der Waals surface area contributed by atoms with Crippen molar-refractivity contribution < 1.29 is 8.42 Å². The largest absolute Gasteiger partial charge is 0.314 e. The Morgan fingerprint density at radius 3 is 2.68 bits per heavy atom. The van der Waals surface area contributed by atoms with Crippen molar-refractivity contribution >= 4 is 22.4 Å². The number of nitrogens with one attached hydrogen (secondary N) is 3. The number of halogens is 1. The Morgan fingerprint density at radius 1 is 1.42 bits per heavy atom. The second-order valence-corrected chi connectivity index (χ2v) is 6.45. The number of sulfonamides is 1. The monoisotopic (exact) mass is 308 g/mol. The van der Waals surface area contributed by atoms with Gasteiger partial charge in [0.05, 0.1) is 11.4 Å². The van der Waals surface area contributed by atoms with Crippen molar-refractivity contribution in [3.05, 3.63) is 11.4 Å². The summed E-state index contributed by atoms with van der Waals surface area (Å²) in [4.78, 5) is 0.280. The van der Waals surface area contributed by atoms with E-state index >= 15 is 0 Å². The van der Waals surface area contributed by atoms with E-state index in [1.807, 2.05) is 0 Å². The molecule has 1 aliphatic heterocycles. The maximum Gasteiger partial charge on any atom is 0.244 e. The molecule has 8 heteroatoms. The lowest BCUT2D eigenvalue weighted by molar-refractivity contribution is 0.539. The van der Waals surface area contributed by atoms with Gasteiger partial charge in [0.15, 0.2) is 0 Å². The summed E-state index contributed by atoms with van der Waals surface area (Å²) in [6.07, 6.45) is 3.14. The fourth-order valence-corrected chi connectivity index (χ4v) is 3.79. The summed E-state index contributed by atoms with van der Waals surface area (Å²) in [5.74, 6) is 0. The number of aryl methyl sites for hydroxylation is 2. The maximum absolute atomic E-state index is 12.1. The van der Waals surface area contributed by atoms with Crippen molar-refractivity contribution in [2.45, 2.75) is 44.0 Å². The van der Waals surface area contributed by atoms with Gasteiger partial charge in [-0.3, -0.25) is 5.10 Å². The predicted molar refractivity (Wildman–Crippen MR) is 76.1 cm³/mol. The number of H-pyrrole nitrogens is 1. The number of nitrogens with zero attached hydrogens (tertiary/aromatic N) is 1. The van der Waals surface area contributed by atoms with Gasteiger partial charge in [0.2, 0.25) is 10.0 Å². The van der Waals surface area contributed by atoms with Crippen molar-refractivity contribution in [2.24, 2.45) is 0 Å². The molecule has 0 radical (unpaired) electrons. The first-order valence-corrected chi connectivity index (χ1v) is 7.73. The van der Waals surface area contributed by atoms with E-state index in [1.165, 1.54) is 6.42 Å². The van der Waals surface area contributed by atoms with Crippen molar-refractivity contribution in [3.63, 3.8) is 0 Å². The first kappa shape index (κ1) is 16.4. The highest BCUT2D eigenvalue weighted by Crippen LogP contribution is 2.16. The summed E-state index contributed by atoms with van der Waals surface area (Å²) in [5.41, 5.74) is 1.10. The molecule has 0 spiro atoms. The van der Waals surface area contributed by atoms with Crippen LogP contribution in [0.15, 0.2) is 4.90 Å². The average Bonchev–Trinajstić information content (AvgIpc) is 2.89. The van der Waals surface area contributed by atoms with Crippen molar-refractivity contribution in [3.8, 4) is 0 Å². The van der Waals surface area contributed by atoms with Gasteiger partial charge < -0.3 is 5.32 Å². The Balaban J connectivity index is 0.00000180. The van der Waals surface area contributed by atoms with Gasteiger partial charge in [0, 0.05) is 12.6 Å². The van der Waals surface area contributed by atoms with Crippen LogP contribution in [0.25, 0.3) is 0 Å². The highest BCUT2D eigenvalue weighted by Gasteiger charge is 2.22. The molecule has 2 heterocycles. The molecule has 1 atom stereocenters. The van der Waals surface area contributed by atoms with Crippen molar-refractivity contribution in [1.29, 1.82) is 0 Å². The Kier molecular flexibility index (Phi) is 5.79. The predicted octanol–water partition coefficient (Wildman–Crippen LogP) is 0.869. The molecule has 1 saturated heterocycles. The van der Waals surface area contributed by atoms with Crippen LogP contribution in [0.3, 0.4) is 0 Å². The summed E-state index contributed by atoms with van der Waals surface area (Å²) in [6.45, 7) is 4.91. The number of hydrogen-bond donors (Lipinski definition) is 3. The van der Waals surface area contributed by atoms with Crippen LogP contribution in [-0.4, -0.2) is 37.7 Å². The maximum atomic E-state index is 12.1. The summed E-state index contributed by atoms with van der Waals surface area (Å²) in [5, 5.41) is 9.95. The van der Waals surface area contributed by atoms with Gasteiger partial charge in [0.1, 0.15) is 4.90 Å². The van der Waals surface area contributed by atoms with Crippen LogP contribution in [-0.2, 0) is 10.0 Å². The van der Waals surface area contributed by atoms with Crippen LogP contribution < -0.4 is 10.0 Å². The zero-order valence-electron chi connectivity index (χ0n) is 11.2. The Labute approximate surface area is 120 Å². The van der Waals surface area contributed by atoms with Gasteiger partial charge in [-0.2, -0.15) is 5.10 Å². The van der Waals surface area contributed by atoms with Gasteiger partial charge >= 0.3 is 0 Å². The Bertz CT molecular complexity index is 489. The minimum Gasteiger partial charge on any atom is -0.314 e. The molecule has 1 aliphatic rings. The first-order valence-electron chi connectivity index (χ1n) is 6.25. The fraction of sp³-hybridized carbons (Fsp3) is 0.727. The van der Waals surface area contributed by atoms with Crippen LogP contribution in [0.2, 0.25) is 0 Å². The summed E-state index contributed by atoms with van der Waals surface area (Å²) < 4.78 is 26.9. The number of aromatic nitrogens is 2. The van der Waals surface area contributed by atoms with E-state index in [1.54, 1.807) is 13.8 Å². The standard InChI is InChI=1S/C11H20N4O2S.ClH/c1-8-11(9(2)15-14-8)18(16,17)13-7-5-10-4-3-6-12-10;/h10,12-13H,3-7H2,1-2H3,(H,14,15);1H/t10-;/m1./s1. The highest BCUT2D eigenvalue weighted by molar-refractivity contribution is 7.89. The molecule has 1 fully saturated rings. The topological polar surface area (TPSA) is 86.9 Å². The third kappa shape index (κ3) is 3.92. The van der Waals surface area contributed by atoms with Gasteiger partial charge in [-0.1, -0.05) is 0 Å². The van der Waals surface area contributed by atoms with E-state index in [4.69, 9.17) is 0 Å². The van der Waals surface area contributed by atoms with Gasteiger partial charge in [-0.25, -0.2) is 13.1 Å². The van der Waals surface area contributed by atoms with Crippen LogP contribution >= 0.6 is 12.4 Å². The number of rotatable bonds is 5. The Morgan fingerprint density at radius 2 is 2.16 bits per heavy atom. The molecule has 0 saturated carbocycles. The molecule has 2 rings (SSSR count). The van der Waals surface area contributed by atoms with Crippen molar-refractivity contribution in [1.82, 2.24) is 20.2 Å². The molecule has 1 aromatic rings. The SMILES string of the molecule is Cc1n[nH]c(C)c1S(=O)(=O)NCC[C@H]1CCCN1.Cl. The molecule has 19 heavy (non-hydrogen) atoms. The van der Waals surface area contributed by atoms with Crippen LogP contribution in [0, 0.1) is 13.8 Å². The molecule has 0 unspecified atom stereocenters. The second-order valence-electron chi connectivity index (χ2n) is 4.74. The molecular formula is C11H21ClN4O2S. The smallest absolute Gasteiger partial charge is 0.244 e. The molecule has 1 aromatic heterocycles. The third-order valence-electron chi connectivity index (χ3n) is 3.28. The van der Waals surface area contributed by atoms with E-state index in [2.05, 4.69) is 20.2 Å². The van der Waals surface area contributed by atoms with Crippen LogP contribution in [0.5, 0.6) is 0 Å². The molecule has 110 valence electrons. The molecule has 0 aliphatic carbocycles. The second kappa shape index (κ2) is 6.69. The third-order valence-corrected chi connectivity index (χ3v) is 5.00. The molecule has 0 aromatic carbocycles. The normalized spacial score (nSPS) is 19.4. The molecule has 0 amide bonds. The zero-order valence-corrected chi connectivity index (χ0v) is 12.8.